The van der Waals surface area contributed by atoms with Gasteiger partial charge in [0, 0.05) is 17.8 Å². The van der Waals surface area contributed by atoms with Gasteiger partial charge in [-0.15, -0.1) is 0 Å². The number of carbonyl (C=O) groups excluding carboxylic acids is 2. The molecule has 1 aliphatic carbocycles. The Morgan fingerprint density at radius 3 is 2.71 bits per heavy atom. The van der Waals surface area contributed by atoms with Crippen LogP contribution in [0, 0.1) is 37.0 Å². The fourth-order valence-corrected chi connectivity index (χ4v) is 4.93. The van der Waals surface area contributed by atoms with Crippen molar-refractivity contribution in [1.29, 1.82) is 5.26 Å². The molecule has 0 bridgehead atoms. The van der Waals surface area contributed by atoms with Gasteiger partial charge in [-0.3, -0.25) is 14.6 Å². The monoisotopic (exact) mass is 508 g/mol. The second kappa shape index (κ2) is 10.8. The largest absolute Gasteiger partial charge is 0.359 e. The van der Waals surface area contributed by atoms with Gasteiger partial charge in [0.15, 0.2) is 5.76 Å². The van der Waals surface area contributed by atoms with Crippen molar-refractivity contribution in [1.82, 2.24) is 10.5 Å². The van der Waals surface area contributed by atoms with Gasteiger partial charge in [-0.25, -0.2) is 0 Å². The zero-order valence-electron chi connectivity index (χ0n) is 21.2. The normalized spacial score (nSPS) is 21.1. The van der Waals surface area contributed by atoms with Gasteiger partial charge in [0.2, 0.25) is 5.91 Å². The molecule has 1 aromatic heterocycles. The standard InChI is InChI=1S/C29H28N6O3/c1-17-26(18(2)38-35-17)34-28(36)19-11-12-24(20(15-19)16-30)31-13-14-32-27-21-7-3-4-8-22(21)29(37)33-25-10-6-5-9-23(25)27/h3-12,19-20,27,32H,13-15H2,1-2H3,(H,33,37)(H,34,36). The molecule has 0 spiro atoms. The highest BCUT2D eigenvalue weighted by Gasteiger charge is 2.29. The third-order valence-electron chi connectivity index (χ3n) is 6.91. The van der Waals surface area contributed by atoms with Gasteiger partial charge >= 0.3 is 0 Å². The molecule has 192 valence electrons. The number of aryl methyl sites for hydroxylation is 2. The number of aliphatic imine (C=N–C) groups is 1. The summed E-state index contributed by atoms with van der Waals surface area (Å²) >= 11 is 0. The highest BCUT2D eigenvalue weighted by molar-refractivity contribution is 6.07. The topological polar surface area (TPSA) is 132 Å². The number of aromatic nitrogens is 1. The second-order valence-electron chi connectivity index (χ2n) is 9.39. The molecule has 38 heavy (non-hydrogen) atoms. The molecule has 2 aliphatic rings. The molecule has 5 rings (SSSR count). The number of nitrogens with zero attached hydrogens (tertiary/aromatic N) is 3. The molecule has 9 heteroatoms. The van der Waals surface area contributed by atoms with Crippen molar-refractivity contribution in [3.8, 4) is 6.07 Å². The summed E-state index contributed by atoms with van der Waals surface area (Å²) in [6.45, 7) is 4.48. The van der Waals surface area contributed by atoms with Gasteiger partial charge in [-0.1, -0.05) is 47.6 Å². The third kappa shape index (κ3) is 4.99. The summed E-state index contributed by atoms with van der Waals surface area (Å²) in [5.41, 5.74) is 5.14. The summed E-state index contributed by atoms with van der Waals surface area (Å²) in [7, 11) is 0. The van der Waals surface area contributed by atoms with Gasteiger partial charge in [0.1, 0.15) is 11.4 Å². The molecule has 3 aromatic rings. The van der Waals surface area contributed by atoms with Gasteiger partial charge < -0.3 is 20.5 Å². The minimum Gasteiger partial charge on any atom is -0.359 e. The number of anilines is 2. The van der Waals surface area contributed by atoms with Gasteiger partial charge in [-0.05, 0) is 49.6 Å². The van der Waals surface area contributed by atoms with E-state index in [1.807, 2.05) is 48.5 Å². The zero-order valence-corrected chi connectivity index (χ0v) is 21.2. The van der Waals surface area contributed by atoms with Crippen molar-refractivity contribution in [3.05, 3.63) is 88.8 Å². The van der Waals surface area contributed by atoms with E-state index in [1.54, 1.807) is 26.0 Å². The molecule has 9 nitrogen and oxygen atoms in total. The van der Waals surface area contributed by atoms with Crippen LogP contribution in [0.4, 0.5) is 11.4 Å². The minimum atomic E-state index is -0.485. The number of nitriles is 1. The van der Waals surface area contributed by atoms with E-state index >= 15 is 0 Å². The molecule has 0 saturated heterocycles. The number of para-hydroxylation sites is 1. The third-order valence-corrected chi connectivity index (χ3v) is 6.91. The van der Waals surface area contributed by atoms with Crippen molar-refractivity contribution in [2.24, 2.45) is 16.8 Å². The molecule has 2 amide bonds. The molecule has 3 unspecified atom stereocenters. The highest BCUT2D eigenvalue weighted by Crippen LogP contribution is 2.34. The molecule has 0 fully saturated rings. The smallest absolute Gasteiger partial charge is 0.256 e. The maximum atomic E-state index is 12.8. The number of carbonyl (C=O) groups is 2. The molecule has 3 atom stereocenters. The van der Waals surface area contributed by atoms with Crippen LogP contribution >= 0.6 is 0 Å². The maximum absolute atomic E-state index is 12.8. The van der Waals surface area contributed by atoms with E-state index < -0.39 is 11.8 Å². The summed E-state index contributed by atoms with van der Waals surface area (Å²) in [4.78, 5) is 30.3. The van der Waals surface area contributed by atoms with Crippen LogP contribution in [0.2, 0.25) is 0 Å². The van der Waals surface area contributed by atoms with E-state index in [-0.39, 0.29) is 17.9 Å². The van der Waals surface area contributed by atoms with Crippen molar-refractivity contribution >= 4 is 28.9 Å². The maximum Gasteiger partial charge on any atom is 0.256 e. The predicted octanol–water partition coefficient (Wildman–Crippen LogP) is 4.33. The van der Waals surface area contributed by atoms with Crippen LogP contribution in [0.25, 0.3) is 0 Å². The molecular weight excluding hydrogens is 480 g/mol. The molecule has 0 saturated carbocycles. The number of rotatable bonds is 6. The van der Waals surface area contributed by atoms with E-state index in [1.165, 1.54) is 0 Å². The van der Waals surface area contributed by atoms with Crippen LogP contribution < -0.4 is 16.0 Å². The van der Waals surface area contributed by atoms with E-state index in [2.05, 4.69) is 32.2 Å². The summed E-state index contributed by atoms with van der Waals surface area (Å²) < 4.78 is 5.11. The van der Waals surface area contributed by atoms with Gasteiger partial charge in [0.25, 0.3) is 5.91 Å². The van der Waals surface area contributed by atoms with Crippen LogP contribution in [0.15, 0.2) is 70.2 Å². The summed E-state index contributed by atoms with van der Waals surface area (Å²) in [6, 6.07) is 17.4. The molecule has 2 aromatic carbocycles. The highest BCUT2D eigenvalue weighted by atomic mass is 16.5. The first kappa shape index (κ1) is 25.1. The Balaban J connectivity index is 1.27. The lowest BCUT2D eigenvalue weighted by Gasteiger charge is -2.22. The lowest BCUT2D eigenvalue weighted by molar-refractivity contribution is -0.118. The van der Waals surface area contributed by atoms with Crippen LogP contribution in [0.1, 0.15) is 45.4 Å². The summed E-state index contributed by atoms with van der Waals surface area (Å²) in [5, 5.41) is 23.0. The average molecular weight is 509 g/mol. The predicted molar refractivity (Wildman–Crippen MR) is 144 cm³/mol. The van der Waals surface area contributed by atoms with Crippen LogP contribution in [0.5, 0.6) is 0 Å². The van der Waals surface area contributed by atoms with Gasteiger partial charge in [-0.2, -0.15) is 5.26 Å². The molecule has 3 N–H and O–H groups in total. The Morgan fingerprint density at radius 1 is 1.18 bits per heavy atom. The van der Waals surface area contributed by atoms with E-state index in [0.717, 1.165) is 16.8 Å². The van der Waals surface area contributed by atoms with Crippen LogP contribution in [-0.2, 0) is 4.79 Å². The van der Waals surface area contributed by atoms with Crippen molar-refractivity contribution in [2.45, 2.75) is 26.3 Å². The fraction of sp³-hybridized carbons (Fsp3) is 0.276. The Labute approximate surface area is 220 Å². The van der Waals surface area contributed by atoms with E-state index in [9.17, 15) is 14.9 Å². The number of hydrogen-bond acceptors (Lipinski definition) is 7. The van der Waals surface area contributed by atoms with E-state index in [4.69, 9.17) is 4.52 Å². The molecule has 0 radical (unpaired) electrons. The Bertz CT molecular complexity index is 1460. The number of nitrogens with one attached hydrogen (secondary N) is 3. The first-order chi connectivity index (χ1) is 18.5. The summed E-state index contributed by atoms with van der Waals surface area (Å²) in [6.07, 6.45) is 3.92. The summed E-state index contributed by atoms with van der Waals surface area (Å²) in [5.74, 6) is -0.725. The van der Waals surface area contributed by atoms with Crippen LogP contribution in [-0.4, -0.2) is 35.8 Å². The number of benzene rings is 2. The lowest BCUT2D eigenvalue weighted by Crippen LogP contribution is -2.30. The minimum absolute atomic E-state index is 0.130. The second-order valence-corrected chi connectivity index (χ2v) is 9.39. The SMILES string of the molecule is Cc1noc(C)c1NC(=O)C1C=CC(=NCCNC2c3ccccc3NC(=O)c3ccccc32)C(C#N)C1. The number of fused-ring (bicyclic) bond motifs is 2. The van der Waals surface area contributed by atoms with Crippen molar-refractivity contribution in [3.63, 3.8) is 0 Å². The molecule has 1 aliphatic heterocycles. The number of amides is 2. The number of allylic oxidation sites excluding steroid dienone is 1. The van der Waals surface area contributed by atoms with E-state index in [0.29, 0.717) is 47.9 Å². The Morgan fingerprint density at radius 2 is 1.95 bits per heavy atom. The quantitative estimate of drug-likeness (QED) is 0.425. The molecule has 2 heterocycles. The first-order valence-corrected chi connectivity index (χ1v) is 12.5. The Kier molecular flexibility index (Phi) is 7.15. The molecular formula is C29H28N6O3. The van der Waals surface area contributed by atoms with Crippen LogP contribution in [0.3, 0.4) is 0 Å². The van der Waals surface area contributed by atoms with Gasteiger partial charge in [0.05, 0.1) is 36.2 Å². The average Bonchev–Trinajstić information content (AvgIpc) is 3.19. The van der Waals surface area contributed by atoms with Crippen molar-refractivity contribution in [2.75, 3.05) is 23.7 Å². The Hall–Kier alpha value is -4.55. The number of hydrogen-bond donors (Lipinski definition) is 3. The fourth-order valence-electron chi connectivity index (χ4n) is 4.93. The van der Waals surface area contributed by atoms with Crippen molar-refractivity contribution < 1.29 is 14.1 Å². The zero-order chi connectivity index (χ0) is 26.6. The first-order valence-electron chi connectivity index (χ1n) is 12.5. The lowest BCUT2D eigenvalue weighted by atomic mass is 9.85.